The van der Waals surface area contributed by atoms with E-state index < -0.39 is 0 Å². The molecule has 2 nitrogen and oxygen atoms in total. The third kappa shape index (κ3) is 12.3. The maximum atomic E-state index is 5.59. The van der Waals surface area contributed by atoms with Gasteiger partial charge in [-0.2, -0.15) is 18.0 Å². The average molecular weight is 406 g/mol. The second-order valence-corrected chi connectivity index (χ2v) is 5.45. The molecule has 0 fully saturated rings. The van der Waals surface area contributed by atoms with E-state index in [1.54, 1.807) is 36.5 Å². The van der Waals surface area contributed by atoms with Crippen molar-refractivity contribution in [2.24, 2.45) is 0 Å². The second-order valence-electron chi connectivity index (χ2n) is 3.54. The van der Waals surface area contributed by atoms with E-state index in [1.165, 1.54) is 5.56 Å². The summed E-state index contributed by atoms with van der Waals surface area (Å²) in [5, 5.41) is 1.06. The van der Waals surface area contributed by atoms with Crippen molar-refractivity contribution >= 4 is 59.2 Å². The van der Waals surface area contributed by atoms with Gasteiger partial charge in [0.1, 0.15) is 10.3 Å². The predicted octanol–water partition coefficient (Wildman–Crippen LogP) is 2.24. The number of aromatic nitrogens is 2. The zero-order valence-corrected chi connectivity index (χ0v) is 18.6. The summed E-state index contributed by atoms with van der Waals surface area (Å²) in [6.07, 6.45) is 7.11. The predicted molar refractivity (Wildman–Crippen MR) is 98.6 cm³/mol. The standard InChI is InChI=1S/C7H8ClNS.C6H5Cl2N.CH4S.Na/c1-10-5-6-2-3-7(8)9-4-6;7-3-5-1-2-6(8)9-4-5;1-2;/h2-4H,5H2,1H3;1-2,4H,3H2;2H,1H3;/q;;;+1/p-1. The van der Waals surface area contributed by atoms with Crippen molar-refractivity contribution in [1.29, 1.82) is 0 Å². The number of nitrogens with zero attached hydrogens (tertiary/aromatic N) is 2. The third-order valence-corrected chi connectivity index (χ3v) is 3.42. The molecule has 2 aromatic rings. The van der Waals surface area contributed by atoms with Gasteiger partial charge >= 0.3 is 29.6 Å². The number of thioether (sulfide) groups is 1. The van der Waals surface area contributed by atoms with Crippen molar-refractivity contribution in [2.75, 3.05) is 12.5 Å². The van der Waals surface area contributed by atoms with E-state index in [1.807, 2.05) is 18.2 Å². The molecule has 0 aliphatic heterocycles. The summed E-state index contributed by atoms with van der Waals surface area (Å²) >= 11 is 22.5. The molecule has 22 heavy (non-hydrogen) atoms. The molecule has 0 unspecified atom stereocenters. The van der Waals surface area contributed by atoms with E-state index in [9.17, 15) is 0 Å². The number of halogens is 3. The van der Waals surface area contributed by atoms with Gasteiger partial charge in [-0.1, -0.05) is 35.3 Å². The van der Waals surface area contributed by atoms with Gasteiger partial charge in [-0.3, -0.25) is 0 Å². The minimum absolute atomic E-state index is 0. The Balaban J connectivity index is 0. The van der Waals surface area contributed by atoms with Crippen LogP contribution < -0.4 is 29.6 Å². The maximum Gasteiger partial charge on any atom is 1.00 e. The van der Waals surface area contributed by atoms with Gasteiger partial charge in [0.25, 0.3) is 0 Å². The molecular weight excluding hydrogens is 390 g/mol. The Morgan fingerprint density at radius 2 is 1.41 bits per heavy atom. The van der Waals surface area contributed by atoms with Crippen molar-refractivity contribution in [3.8, 4) is 0 Å². The molecule has 2 heterocycles. The molecule has 0 aliphatic rings. The van der Waals surface area contributed by atoms with Crippen LogP contribution in [0.25, 0.3) is 0 Å². The molecule has 116 valence electrons. The largest absolute Gasteiger partial charge is 1.00 e. The van der Waals surface area contributed by atoms with Gasteiger partial charge in [0.2, 0.25) is 0 Å². The van der Waals surface area contributed by atoms with Crippen molar-refractivity contribution in [1.82, 2.24) is 9.97 Å². The summed E-state index contributed by atoms with van der Waals surface area (Å²) in [6, 6.07) is 7.38. The molecule has 0 radical (unpaired) electrons. The Labute approximate surface area is 179 Å². The van der Waals surface area contributed by atoms with Crippen molar-refractivity contribution in [2.45, 2.75) is 11.6 Å². The Hall–Kier alpha value is 0.870. The fraction of sp³-hybridized carbons (Fsp3) is 0.286. The number of alkyl halides is 1. The zero-order valence-electron chi connectivity index (χ0n) is 12.7. The molecule has 0 amide bonds. The smallest absolute Gasteiger partial charge is 0.796 e. The molecule has 0 saturated heterocycles. The van der Waals surface area contributed by atoms with Gasteiger partial charge in [0.05, 0.1) is 0 Å². The van der Waals surface area contributed by atoms with Crippen LogP contribution in [0.1, 0.15) is 11.1 Å². The van der Waals surface area contributed by atoms with Crippen LogP contribution in [0.3, 0.4) is 0 Å². The quantitative estimate of drug-likeness (QED) is 0.338. The van der Waals surface area contributed by atoms with Crippen LogP contribution in [-0.2, 0) is 24.3 Å². The molecule has 2 rings (SSSR count). The molecule has 0 aromatic carbocycles. The Morgan fingerprint density at radius 3 is 1.73 bits per heavy atom. The van der Waals surface area contributed by atoms with E-state index in [2.05, 4.69) is 28.9 Å². The minimum atomic E-state index is 0. The van der Waals surface area contributed by atoms with Crippen molar-refractivity contribution in [3.05, 3.63) is 58.1 Å². The molecule has 0 aliphatic carbocycles. The van der Waals surface area contributed by atoms with E-state index >= 15 is 0 Å². The molecule has 0 atom stereocenters. The van der Waals surface area contributed by atoms with Crippen molar-refractivity contribution in [3.63, 3.8) is 0 Å². The van der Waals surface area contributed by atoms with Crippen molar-refractivity contribution < 1.29 is 29.6 Å². The van der Waals surface area contributed by atoms with Gasteiger partial charge in [-0.05, 0) is 29.5 Å². The van der Waals surface area contributed by atoms with Crippen LogP contribution in [-0.4, -0.2) is 22.5 Å². The molecule has 0 bridgehead atoms. The summed E-state index contributed by atoms with van der Waals surface area (Å²) in [4.78, 5) is 7.78. The molecule has 0 spiro atoms. The molecule has 0 saturated carbocycles. The monoisotopic (exact) mass is 404 g/mol. The van der Waals surface area contributed by atoms with Crippen LogP contribution in [0.2, 0.25) is 10.3 Å². The Kier molecular flexibility index (Phi) is 19.1. The van der Waals surface area contributed by atoms with E-state index in [0.717, 1.165) is 11.3 Å². The van der Waals surface area contributed by atoms with Gasteiger partial charge in [0.15, 0.2) is 0 Å². The maximum absolute atomic E-state index is 5.59. The molecule has 8 heteroatoms. The summed E-state index contributed by atoms with van der Waals surface area (Å²) in [6.45, 7) is 0. The van der Waals surface area contributed by atoms with Gasteiger partial charge < -0.3 is 12.6 Å². The summed E-state index contributed by atoms with van der Waals surface area (Å²) in [5.74, 6) is 1.49. The topological polar surface area (TPSA) is 25.8 Å². The average Bonchev–Trinajstić information content (AvgIpc) is 2.53. The molecule has 2 aromatic heterocycles. The fourth-order valence-electron chi connectivity index (χ4n) is 1.14. The number of hydrogen-bond acceptors (Lipinski definition) is 4. The summed E-state index contributed by atoms with van der Waals surface area (Å²) < 4.78 is 0. The zero-order chi connectivity index (χ0) is 16.1. The minimum Gasteiger partial charge on any atom is -0.796 e. The molecular formula is C14H16Cl3N2NaS2. The molecule has 0 N–H and O–H groups in total. The van der Waals surface area contributed by atoms with Crippen LogP contribution >= 0.6 is 46.6 Å². The number of pyridine rings is 2. The number of rotatable bonds is 3. The summed E-state index contributed by atoms with van der Waals surface area (Å²) in [5.41, 5.74) is 2.21. The van der Waals surface area contributed by atoms with Gasteiger partial charge in [-0.25, -0.2) is 9.97 Å². The second kappa shape index (κ2) is 16.7. The first-order valence-electron chi connectivity index (χ1n) is 5.82. The Bertz CT molecular complexity index is 484. The first-order valence-corrected chi connectivity index (χ1v) is 9.32. The van der Waals surface area contributed by atoms with Gasteiger partial charge in [-0.15, -0.1) is 11.6 Å². The van der Waals surface area contributed by atoms with Crippen LogP contribution in [0.5, 0.6) is 0 Å². The summed E-state index contributed by atoms with van der Waals surface area (Å²) in [7, 11) is 0. The first kappa shape index (κ1) is 25.1. The third-order valence-electron chi connectivity index (χ3n) is 2.04. The van der Waals surface area contributed by atoms with Crippen LogP contribution in [0, 0.1) is 0 Å². The van der Waals surface area contributed by atoms with E-state index in [4.69, 9.17) is 34.8 Å². The first-order chi connectivity index (χ1) is 10.2. The normalized spacial score (nSPS) is 8.64. The fourth-order valence-corrected chi connectivity index (χ4v) is 2.03. The SMILES string of the molecule is CSCc1ccc(Cl)nc1.C[S-].ClCc1ccc(Cl)nc1.[Na+]. The van der Waals surface area contributed by atoms with Crippen LogP contribution in [0.4, 0.5) is 0 Å². The van der Waals surface area contributed by atoms with Gasteiger partial charge in [0, 0.05) is 24.0 Å². The number of hydrogen-bond donors (Lipinski definition) is 0. The van der Waals surface area contributed by atoms with Crippen LogP contribution in [0.15, 0.2) is 36.7 Å². The Morgan fingerprint density at radius 1 is 0.955 bits per heavy atom. The van der Waals surface area contributed by atoms with E-state index in [-0.39, 0.29) is 29.6 Å². The van der Waals surface area contributed by atoms with E-state index in [0.29, 0.717) is 16.2 Å².